The van der Waals surface area contributed by atoms with Crippen molar-refractivity contribution in [2.45, 2.75) is 25.0 Å². The van der Waals surface area contributed by atoms with Crippen LogP contribution in [0.3, 0.4) is 0 Å². The van der Waals surface area contributed by atoms with Crippen molar-refractivity contribution in [2.75, 3.05) is 13.7 Å². The topological polar surface area (TPSA) is 90.5 Å². The van der Waals surface area contributed by atoms with Gasteiger partial charge in [-0.25, -0.2) is 0 Å². The Morgan fingerprint density at radius 3 is 2.57 bits per heavy atom. The highest BCUT2D eigenvalue weighted by Crippen LogP contribution is 2.12. The first-order valence-electron chi connectivity index (χ1n) is 4.45. The SMILES string of the molecule is CNC(=O)[C@H]1N[C@@H](CO)[C@@H]1NC(C)=O. The van der Waals surface area contributed by atoms with Crippen LogP contribution in [0.2, 0.25) is 0 Å². The van der Waals surface area contributed by atoms with Gasteiger partial charge in [-0.15, -0.1) is 0 Å². The molecule has 14 heavy (non-hydrogen) atoms. The minimum atomic E-state index is -0.443. The second-order valence-electron chi connectivity index (χ2n) is 3.27. The summed E-state index contributed by atoms with van der Waals surface area (Å²) in [6.07, 6.45) is 0. The van der Waals surface area contributed by atoms with Crippen LogP contribution in [-0.4, -0.2) is 48.7 Å². The molecule has 3 atom stereocenters. The zero-order valence-electron chi connectivity index (χ0n) is 8.20. The number of rotatable bonds is 3. The van der Waals surface area contributed by atoms with Crippen molar-refractivity contribution in [2.24, 2.45) is 0 Å². The first-order chi connectivity index (χ1) is 6.60. The van der Waals surface area contributed by atoms with Gasteiger partial charge in [-0.2, -0.15) is 0 Å². The van der Waals surface area contributed by atoms with Crippen molar-refractivity contribution in [3.63, 3.8) is 0 Å². The van der Waals surface area contributed by atoms with E-state index >= 15 is 0 Å². The zero-order chi connectivity index (χ0) is 10.7. The van der Waals surface area contributed by atoms with Gasteiger partial charge in [-0.1, -0.05) is 0 Å². The molecule has 1 heterocycles. The highest BCUT2D eigenvalue weighted by molar-refractivity contribution is 5.85. The summed E-state index contributed by atoms with van der Waals surface area (Å²) in [6, 6.07) is -1.00. The molecule has 0 aliphatic carbocycles. The summed E-state index contributed by atoms with van der Waals surface area (Å²) in [5, 5.41) is 16.9. The van der Waals surface area contributed by atoms with Crippen LogP contribution in [0.5, 0.6) is 0 Å². The number of carbonyl (C=O) groups excluding carboxylic acids is 2. The standard InChI is InChI=1S/C8H15N3O3/c1-4(13)10-6-5(3-12)11-7(6)8(14)9-2/h5-7,11-12H,3H2,1-2H3,(H,9,14)(H,10,13)/t5-,6-,7-/m0/s1. The average Bonchev–Trinajstić information content (AvgIpc) is 2.13. The third kappa shape index (κ3) is 2.02. The molecule has 1 aliphatic heterocycles. The van der Waals surface area contributed by atoms with Crippen LogP contribution in [0.25, 0.3) is 0 Å². The first-order valence-corrected chi connectivity index (χ1v) is 4.45. The van der Waals surface area contributed by atoms with E-state index in [4.69, 9.17) is 5.11 Å². The summed E-state index contributed by atoms with van der Waals surface area (Å²) in [6.45, 7) is 1.28. The third-order valence-corrected chi connectivity index (χ3v) is 2.28. The molecule has 0 saturated carbocycles. The summed E-state index contributed by atoms with van der Waals surface area (Å²) in [5.74, 6) is -0.391. The number of aliphatic hydroxyl groups excluding tert-OH is 1. The van der Waals surface area contributed by atoms with E-state index in [1.54, 1.807) is 0 Å². The molecule has 6 nitrogen and oxygen atoms in total. The second-order valence-corrected chi connectivity index (χ2v) is 3.27. The van der Waals surface area contributed by atoms with Gasteiger partial charge >= 0.3 is 0 Å². The number of nitrogens with one attached hydrogen (secondary N) is 3. The highest BCUT2D eigenvalue weighted by atomic mass is 16.3. The molecule has 1 rings (SSSR count). The number of hydrogen-bond donors (Lipinski definition) is 4. The normalized spacial score (nSPS) is 30.4. The molecule has 6 heteroatoms. The number of amides is 2. The minimum absolute atomic E-state index is 0.0988. The first kappa shape index (κ1) is 10.9. The molecule has 0 bridgehead atoms. The van der Waals surface area contributed by atoms with Crippen LogP contribution in [-0.2, 0) is 9.59 Å². The van der Waals surface area contributed by atoms with Gasteiger partial charge in [-0.05, 0) is 0 Å². The number of likely N-dealkylation sites (N-methyl/N-ethyl adjacent to an activating group) is 1. The zero-order valence-corrected chi connectivity index (χ0v) is 8.20. The monoisotopic (exact) mass is 201 g/mol. The summed E-state index contributed by atoms with van der Waals surface area (Å²) in [4.78, 5) is 22.1. The van der Waals surface area contributed by atoms with Crippen LogP contribution in [0.1, 0.15) is 6.92 Å². The molecule has 2 amide bonds. The lowest BCUT2D eigenvalue weighted by molar-refractivity contribution is -0.128. The molecule has 4 N–H and O–H groups in total. The van der Waals surface area contributed by atoms with Crippen molar-refractivity contribution in [1.82, 2.24) is 16.0 Å². The van der Waals surface area contributed by atoms with Crippen molar-refractivity contribution in [3.05, 3.63) is 0 Å². The fourth-order valence-electron chi connectivity index (χ4n) is 1.53. The van der Waals surface area contributed by atoms with Crippen LogP contribution >= 0.6 is 0 Å². The maximum Gasteiger partial charge on any atom is 0.239 e. The van der Waals surface area contributed by atoms with Gasteiger partial charge in [0, 0.05) is 14.0 Å². The van der Waals surface area contributed by atoms with E-state index in [2.05, 4.69) is 16.0 Å². The lowest BCUT2D eigenvalue weighted by atomic mass is 9.89. The Morgan fingerprint density at radius 1 is 1.50 bits per heavy atom. The molecule has 0 unspecified atom stereocenters. The van der Waals surface area contributed by atoms with E-state index in [9.17, 15) is 9.59 Å². The predicted octanol–water partition coefficient (Wildman–Crippen LogP) is -2.43. The van der Waals surface area contributed by atoms with Gasteiger partial charge in [0.25, 0.3) is 0 Å². The number of aliphatic hydroxyl groups is 1. The maximum absolute atomic E-state index is 11.2. The molecule has 1 saturated heterocycles. The van der Waals surface area contributed by atoms with Gasteiger partial charge in [0.15, 0.2) is 0 Å². The van der Waals surface area contributed by atoms with Gasteiger partial charge in [0.05, 0.1) is 18.7 Å². The van der Waals surface area contributed by atoms with Crippen molar-refractivity contribution in [3.8, 4) is 0 Å². The molecular weight excluding hydrogens is 186 g/mol. The lowest BCUT2D eigenvalue weighted by Gasteiger charge is -2.44. The minimum Gasteiger partial charge on any atom is -0.395 e. The van der Waals surface area contributed by atoms with Crippen molar-refractivity contribution >= 4 is 11.8 Å². The summed E-state index contributed by atoms with van der Waals surface area (Å²) in [5.41, 5.74) is 0. The lowest BCUT2D eigenvalue weighted by Crippen LogP contribution is -2.76. The van der Waals surface area contributed by atoms with E-state index in [0.717, 1.165) is 0 Å². The Bertz CT molecular complexity index is 244. The van der Waals surface area contributed by atoms with Gasteiger partial charge in [0.1, 0.15) is 6.04 Å². The Labute approximate surface area is 82.1 Å². The largest absolute Gasteiger partial charge is 0.395 e. The van der Waals surface area contributed by atoms with E-state index < -0.39 is 6.04 Å². The summed E-state index contributed by atoms with van der Waals surface area (Å²) in [7, 11) is 1.53. The van der Waals surface area contributed by atoms with E-state index in [1.807, 2.05) is 0 Å². The molecule has 0 spiro atoms. The number of hydrogen-bond acceptors (Lipinski definition) is 4. The van der Waals surface area contributed by atoms with Crippen LogP contribution in [0, 0.1) is 0 Å². The Kier molecular flexibility index (Phi) is 3.43. The van der Waals surface area contributed by atoms with Gasteiger partial charge < -0.3 is 15.7 Å². The molecule has 80 valence electrons. The van der Waals surface area contributed by atoms with Crippen LogP contribution in [0.15, 0.2) is 0 Å². The molecule has 0 aromatic rings. The highest BCUT2D eigenvalue weighted by Gasteiger charge is 2.44. The van der Waals surface area contributed by atoms with E-state index in [1.165, 1.54) is 14.0 Å². The molecule has 0 aromatic heterocycles. The average molecular weight is 201 g/mol. The Hall–Kier alpha value is -1.14. The molecule has 1 aliphatic rings. The maximum atomic E-state index is 11.2. The van der Waals surface area contributed by atoms with E-state index in [0.29, 0.717) is 0 Å². The Morgan fingerprint density at radius 2 is 2.14 bits per heavy atom. The molecule has 1 fully saturated rings. The predicted molar refractivity (Wildman–Crippen MR) is 49.5 cm³/mol. The summed E-state index contributed by atoms with van der Waals surface area (Å²) < 4.78 is 0. The van der Waals surface area contributed by atoms with Crippen molar-refractivity contribution < 1.29 is 14.7 Å². The third-order valence-electron chi connectivity index (χ3n) is 2.28. The quantitative estimate of drug-likeness (QED) is 0.409. The second kappa shape index (κ2) is 4.39. The molecule has 0 radical (unpaired) electrons. The smallest absolute Gasteiger partial charge is 0.239 e. The van der Waals surface area contributed by atoms with Crippen LogP contribution in [0.4, 0.5) is 0 Å². The van der Waals surface area contributed by atoms with Crippen molar-refractivity contribution in [1.29, 1.82) is 0 Å². The number of carbonyl (C=O) groups is 2. The molecular formula is C8H15N3O3. The summed E-state index contributed by atoms with van der Waals surface area (Å²) >= 11 is 0. The van der Waals surface area contributed by atoms with Crippen LogP contribution < -0.4 is 16.0 Å². The van der Waals surface area contributed by atoms with E-state index in [-0.39, 0.29) is 30.5 Å². The van der Waals surface area contributed by atoms with Gasteiger partial charge in [-0.3, -0.25) is 14.9 Å². The molecule has 0 aromatic carbocycles. The fraction of sp³-hybridized carbons (Fsp3) is 0.750. The van der Waals surface area contributed by atoms with Gasteiger partial charge in [0.2, 0.25) is 11.8 Å². The Balaban J connectivity index is 2.55. The fourth-order valence-corrected chi connectivity index (χ4v) is 1.53.